The summed E-state index contributed by atoms with van der Waals surface area (Å²) in [5, 5.41) is 0.371. The topological polar surface area (TPSA) is 55.8 Å². The van der Waals surface area contributed by atoms with Crippen LogP contribution in [0.5, 0.6) is 11.5 Å². The highest BCUT2D eigenvalue weighted by Crippen LogP contribution is 2.35. The van der Waals surface area contributed by atoms with E-state index in [9.17, 15) is 9.59 Å². The summed E-state index contributed by atoms with van der Waals surface area (Å²) >= 11 is 6.97. The maximum Gasteiger partial charge on any atom is 0.293 e. The standard InChI is InChI=1S/C26H22ClNO4S/c1-17-5-3-6-19(11-17)15-28-25(29)24(33-26(28)30)14-18-9-10-22(23(13-18)31-2)32-16-20-7-4-8-21(27)12-20/h3-14H,15-16H2,1-2H3/b24-14-. The maximum absolute atomic E-state index is 12.9. The van der Waals surface area contributed by atoms with Crippen LogP contribution in [0.15, 0.2) is 71.6 Å². The number of hydrogen-bond donors (Lipinski definition) is 0. The van der Waals surface area contributed by atoms with Crippen molar-refractivity contribution in [2.75, 3.05) is 7.11 Å². The van der Waals surface area contributed by atoms with Gasteiger partial charge in [-0.05, 0) is 65.7 Å². The molecule has 0 saturated carbocycles. The molecule has 0 atom stereocenters. The van der Waals surface area contributed by atoms with Crippen molar-refractivity contribution in [2.24, 2.45) is 0 Å². The Hall–Kier alpha value is -3.22. The summed E-state index contributed by atoms with van der Waals surface area (Å²) in [5.74, 6) is 0.804. The number of rotatable bonds is 7. The van der Waals surface area contributed by atoms with Gasteiger partial charge in [-0.1, -0.05) is 59.6 Å². The van der Waals surface area contributed by atoms with E-state index in [0.717, 1.165) is 34.0 Å². The van der Waals surface area contributed by atoms with Crippen LogP contribution >= 0.6 is 23.4 Å². The molecule has 3 aromatic rings. The van der Waals surface area contributed by atoms with Crippen molar-refractivity contribution in [2.45, 2.75) is 20.1 Å². The summed E-state index contributed by atoms with van der Waals surface area (Å²) in [5.41, 5.74) is 3.68. The van der Waals surface area contributed by atoms with E-state index in [1.165, 1.54) is 4.90 Å². The van der Waals surface area contributed by atoms with Gasteiger partial charge in [0.05, 0.1) is 18.6 Å². The van der Waals surface area contributed by atoms with Gasteiger partial charge in [0.1, 0.15) is 6.61 Å². The molecule has 1 fully saturated rings. The molecule has 1 saturated heterocycles. The average Bonchev–Trinajstić information content (AvgIpc) is 3.05. The summed E-state index contributed by atoms with van der Waals surface area (Å²) < 4.78 is 11.4. The number of amides is 2. The Balaban J connectivity index is 1.49. The first-order valence-corrected chi connectivity index (χ1v) is 11.5. The molecule has 5 nitrogen and oxygen atoms in total. The van der Waals surface area contributed by atoms with Gasteiger partial charge >= 0.3 is 0 Å². The lowest BCUT2D eigenvalue weighted by atomic mass is 10.1. The number of aryl methyl sites for hydroxylation is 1. The molecule has 4 rings (SSSR count). The molecule has 0 aliphatic carbocycles. The minimum atomic E-state index is -0.299. The Bertz CT molecular complexity index is 1240. The van der Waals surface area contributed by atoms with Gasteiger partial charge in [-0.3, -0.25) is 14.5 Å². The monoisotopic (exact) mass is 479 g/mol. The van der Waals surface area contributed by atoms with Crippen molar-refractivity contribution in [3.63, 3.8) is 0 Å². The Morgan fingerprint density at radius 3 is 2.52 bits per heavy atom. The summed E-state index contributed by atoms with van der Waals surface area (Å²) in [6, 6.07) is 20.6. The highest BCUT2D eigenvalue weighted by molar-refractivity contribution is 8.18. The SMILES string of the molecule is COc1cc(/C=C2\SC(=O)N(Cc3cccc(C)c3)C2=O)ccc1OCc1cccc(Cl)c1. The second-order valence-corrected chi connectivity index (χ2v) is 9.02. The molecular weight excluding hydrogens is 458 g/mol. The molecule has 1 aliphatic rings. The highest BCUT2D eigenvalue weighted by atomic mass is 35.5. The number of methoxy groups -OCH3 is 1. The molecule has 0 spiro atoms. The normalized spacial score (nSPS) is 14.8. The van der Waals surface area contributed by atoms with E-state index in [0.29, 0.717) is 28.0 Å². The lowest BCUT2D eigenvalue weighted by molar-refractivity contribution is -0.123. The van der Waals surface area contributed by atoms with E-state index in [1.807, 2.05) is 61.5 Å². The van der Waals surface area contributed by atoms with Gasteiger partial charge in [-0.25, -0.2) is 0 Å². The van der Waals surface area contributed by atoms with E-state index in [1.54, 1.807) is 25.3 Å². The first kappa shape index (κ1) is 23.0. The van der Waals surface area contributed by atoms with Crippen LogP contribution < -0.4 is 9.47 Å². The molecule has 0 aromatic heterocycles. The Labute approximate surface area is 202 Å². The number of thioether (sulfide) groups is 1. The predicted octanol–water partition coefficient (Wildman–Crippen LogP) is 6.47. The van der Waals surface area contributed by atoms with E-state index < -0.39 is 0 Å². The van der Waals surface area contributed by atoms with Crippen molar-refractivity contribution in [1.82, 2.24) is 4.90 Å². The second-order valence-electron chi connectivity index (χ2n) is 7.59. The van der Waals surface area contributed by atoms with Gasteiger partial charge in [-0.2, -0.15) is 0 Å². The molecular formula is C26H22ClNO4S. The van der Waals surface area contributed by atoms with Crippen LogP contribution in [0.3, 0.4) is 0 Å². The van der Waals surface area contributed by atoms with Crippen molar-refractivity contribution in [1.29, 1.82) is 0 Å². The molecule has 7 heteroatoms. The molecule has 1 heterocycles. The number of halogens is 1. The Morgan fingerprint density at radius 1 is 0.970 bits per heavy atom. The summed E-state index contributed by atoms with van der Waals surface area (Å²) in [6.07, 6.45) is 1.70. The third kappa shape index (κ3) is 5.59. The molecule has 3 aromatic carbocycles. The Morgan fingerprint density at radius 2 is 1.76 bits per heavy atom. The third-order valence-corrected chi connectivity index (χ3v) is 6.21. The molecule has 33 heavy (non-hydrogen) atoms. The predicted molar refractivity (Wildman–Crippen MR) is 131 cm³/mol. The largest absolute Gasteiger partial charge is 0.493 e. The van der Waals surface area contributed by atoms with Gasteiger partial charge in [-0.15, -0.1) is 0 Å². The van der Waals surface area contributed by atoms with Crippen molar-refractivity contribution < 1.29 is 19.1 Å². The van der Waals surface area contributed by atoms with E-state index in [-0.39, 0.29) is 17.7 Å². The second kappa shape index (κ2) is 10.1. The number of nitrogens with zero attached hydrogens (tertiary/aromatic N) is 1. The van der Waals surface area contributed by atoms with Crippen molar-refractivity contribution >= 4 is 40.6 Å². The fourth-order valence-electron chi connectivity index (χ4n) is 3.46. The van der Waals surface area contributed by atoms with Crippen LogP contribution in [-0.4, -0.2) is 23.2 Å². The van der Waals surface area contributed by atoms with Crippen LogP contribution in [0.25, 0.3) is 6.08 Å². The van der Waals surface area contributed by atoms with Crippen LogP contribution in [0.1, 0.15) is 22.3 Å². The zero-order chi connectivity index (χ0) is 23.4. The number of imide groups is 1. The first-order valence-electron chi connectivity index (χ1n) is 10.3. The maximum atomic E-state index is 12.9. The molecule has 0 bridgehead atoms. The first-order chi connectivity index (χ1) is 15.9. The lowest BCUT2D eigenvalue weighted by Crippen LogP contribution is -2.27. The average molecular weight is 480 g/mol. The van der Waals surface area contributed by atoms with E-state index in [2.05, 4.69) is 0 Å². The summed E-state index contributed by atoms with van der Waals surface area (Å²) in [6.45, 7) is 2.57. The quantitative estimate of drug-likeness (QED) is 0.363. The zero-order valence-corrected chi connectivity index (χ0v) is 19.8. The fourth-order valence-corrected chi connectivity index (χ4v) is 4.51. The number of carbonyl (C=O) groups is 2. The van der Waals surface area contributed by atoms with Crippen molar-refractivity contribution in [3.05, 3.63) is 98.9 Å². The molecule has 2 amide bonds. The number of carbonyl (C=O) groups excluding carboxylic acids is 2. The Kier molecular flexibility index (Phi) is 7.06. The highest BCUT2D eigenvalue weighted by Gasteiger charge is 2.35. The minimum Gasteiger partial charge on any atom is -0.493 e. The number of hydrogen-bond acceptors (Lipinski definition) is 5. The summed E-state index contributed by atoms with van der Waals surface area (Å²) in [7, 11) is 1.56. The smallest absolute Gasteiger partial charge is 0.293 e. The van der Waals surface area contributed by atoms with Gasteiger partial charge in [0.2, 0.25) is 0 Å². The van der Waals surface area contributed by atoms with Crippen molar-refractivity contribution in [3.8, 4) is 11.5 Å². The van der Waals surface area contributed by atoms with Crippen LogP contribution in [0.4, 0.5) is 4.79 Å². The lowest BCUT2D eigenvalue weighted by Gasteiger charge is -2.13. The third-order valence-electron chi connectivity index (χ3n) is 5.07. The van der Waals surface area contributed by atoms with Crippen LogP contribution in [0.2, 0.25) is 5.02 Å². The number of benzene rings is 3. The van der Waals surface area contributed by atoms with Gasteiger partial charge in [0, 0.05) is 5.02 Å². The zero-order valence-electron chi connectivity index (χ0n) is 18.2. The molecule has 168 valence electrons. The van der Waals surface area contributed by atoms with Gasteiger partial charge < -0.3 is 9.47 Å². The molecule has 1 aliphatic heterocycles. The summed E-state index contributed by atoms with van der Waals surface area (Å²) in [4.78, 5) is 27.0. The number of ether oxygens (including phenoxy) is 2. The van der Waals surface area contributed by atoms with Crippen LogP contribution in [-0.2, 0) is 17.9 Å². The molecule has 0 radical (unpaired) electrons. The molecule has 0 N–H and O–H groups in total. The van der Waals surface area contributed by atoms with Gasteiger partial charge in [0.15, 0.2) is 11.5 Å². The molecule has 0 unspecified atom stereocenters. The van der Waals surface area contributed by atoms with E-state index in [4.69, 9.17) is 21.1 Å². The van der Waals surface area contributed by atoms with Crippen LogP contribution in [0, 0.1) is 6.92 Å². The minimum absolute atomic E-state index is 0.253. The van der Waals surface area contributed by atoms with Gasteiger partial charge in [0.25, 0.3) is 11.1 Å². The van der Waals surface area contributed by atoms with E-state index >= 15 is 0 Å². The fraction of sp³-hybridized carbons (Fsp3) is 0.154.